The van der Waals surface area contributed by atoms with Crippen molar-refractivity contribution in [3.63, 3.8) is 0 Å². The Morgan fingerprint density at radius 1 is 1.33 bits per heavy atom. The Morgan fingerprint density at radius 3 is 2.71 bits per heavy atom. The molecule has 1 saturated heterocycles. The van der Waals surface area contributed by atoms with E-state index >= 15 is 0 Å². The van der Waals surface area contributed by atoms with Crippen molar-refractivity contribution in [1.82, 2.24) is 4.90 Å². The number of amides is 1. The van der Waals surface area contributed by atoms with Crippen LogP contribution in [0.2, 0.25) is 10.0 Å². The van der Waals surface area contributed by atoms with Crippen molar-refractivity contribution in [2.75, 3.05) is 13.1 Å². The summed E-state index contributed by atoms with van der Waals surface area (Å²) >= 11 is 11.7. The van der Waals surface area contributed by atoms with Gasteiger partial charge in [0.2, 0.25) is 0 Å². The fraction of sp³-hybridized carbons (Fsp3) is 0.500. The van der Waals surface area contributed by atoms with Crippen molar-refractivity contribution < 1.29 is 9.72 Å². The molecule has 1 fully saturated rings. The van der Waals surface area contributed by atoms with Crippen LogP contribution in [-0.2, 0) is 0 Å². The van der Waals surface area contributed by atoms with E-state index in [1.807, 2.05) is 0 Å². The maximum absolute atomic E-state index is 12.5. The van der Waals surface area contributed by atoms with Crippen LogP contribution in [0.1, 0.15) is 36.5 Å². The third-order valence-electron chi connectivity index (χ3n) is 3.76. The highest BCUT2D eigenvalue weighted by molar-refractivity contribution is 6.43. The molecule has 0 spiro atoms. The molecule has 1 aromatic rings. The van der Waals surface area contributed by atoms with Crippen LogP contribution in [0.3, 0.4) is 0 Å². The van der Waals surface area contributed by atoms with Gasteiger partial charge in [0, 0.05) is 24.7 Å². The molecular weight excluding hydrogens is 315 g/mol. The number of likely N-dealkylation sites (tertiary alicyclic amines) is 1. The number of nitro groups is 1. The SMILES string of the molecule is CC1CCCN(C(=O)c2cc(Cl)c(Cl)c([N+](=O)[O-])c2)CC1. The van der Waals surface area contributed by atoms with Crippen molar-refractivity contribution in [3.05, 3.63) is 37.9 Å². The predicted octanol–water partition coefficient (Wildman–Crippen LogP) is 4.16. The number of carbonyl (C=O) groups is 1. The third-order valence-corrected chi connectivity index (χ3v) is 4.55. The van der Waals surface area contributed by atoms with Crippen LogP contribution < -0.4 is 0 Å². The minimum absolute atomic E-state index is 0.0254. The number of nitro benzene ring substituents is 1. The van der Waals surface area contributed by atoms with Crippen LogP contribution in [-0.4, -0.2) is 28.8 Å². The molecule has 2 rings (SSSR count). The monoisotopic (exact) mass is 330 g/mol. The molecule has 0 saturated carbocycles. The van der Waals surface area contributed by atoms with E-state index in [4.69, 9.17) is 23.2 Å². The lowest BCUT2D eigenvalue weighted by atomic mass is 10.0. The molecule has 0 aromatic heterocycles. The van der Waals surface area contributed by atoms with E-state index in [-0.39, 0.29) is 27.2 Å². The quantitative estimate of drug-likeness (QED) is 0.604. The van der Waals surface area contributed by atoms with Crippen molar-refractivity contribution in [2.24, 2.45) is 5.92 Å². The number of carbonyl (C=O) groups excluding carboxylic acids is 1. The number of rotatable bonds is 2. The minimum Gasteiger partial charge on any atom is -0.339 e. The van der Waals surface area contributed by atoms with E-state index in [0.29, 0.717) is 19.0 Å². The topological polar surface area (TPSA) is 63.5 Å². The summed E-state index contributed by atoms with van der Waals surface area (Å²) in [5.41, 5.74) is -0.124. The normalized spacial score (nSPS) is 19.2. The van der Waals surface area contributed by atoms with Gasteiger partial charge in [-0.3, -0.25) is 14.9 Å². The molecular formula is C14H16Cl2N2O3. The first kappa shape index (κ1) is 16.0. The fourth-order valence-electron chi connectivity index (χ4n) is 2.48. The number of hydrogen-bond donors (Lipinski definition) is 0. The lowest BCUT2D eigenvalue weighted by Gasteiger charge is -2.20. The lowest BCUT2D eigenvalue weighted by Crippen LogP contribution is -2.32. The van der Waals surface area contributed by atoms with Crippen LogP contribution in [0.15, 0.2) is 12.1 Å². The third kappa shape index (κ3) is 3.66. The van der Waals surface area contributed by atoms with E-state index in [2.05, 4.69) is 6.92 Å². The standard InChI is InChI=1S/C14H16Cl2N2O3/c1-9-3-2-5-17(6-4-9)14(19)10-7-11(15)13(16)12(8-10)18(20)21/h7-9H,2-6H2,1H3. The Labute approximate surface area is 133 Å². The smallest absolute Gasteiger partial charge is 0.290 e. The van der Waals surface area contributed by atoms with Crippen LogP contribution in [0.4, 0.5) is 5.69 Å². The summed E-state index contributed by atoms with van der Waals surface area (Å²) in [5, 5.41) is 10.8. The molecule has 0 radical (unpaired) electrons. The lowest BCUT2D eigenvalue weighted by molar-refractivity contribution is -0.384. The van der Waals surface area contributed by atoms with Gasteiger partial charge in [0.15, 0.2) is 0 Å². The summed E-state index contributed by atoms with van der Waals surface area (Å²) in [5.74, 6) is 0.358. The Hall–Kier alpha value is -1.33. The Kier molecular flexibility index (Phi) is 5.06. The Bertz CT molecular complexity index is 578. The van der Waals surface area contributed by atoms with Crippen LogP contribution in [0.25, 0.3) is 0 Å². The zero-order chi connectivity index (χ0) is 15.6. The van der Waals surface area contributed by atoms with Crippen molar-refractivity contribution in [1.29, 1.82) is 0 Å². The minimum atomic E-state index is -0.629. The molecule has 114 valence electrons. The van der Waals surface area contributed by atoms with Gasteiger partial charge >= 0.3 is 0 Å². The summed E-state index contributed by atoms with van der Waals surface area (Å²) in [4.78, 5) is 24.6. The predicted molar refractivity (Wildman–Crippen MR) is 82.0 cm³/mol. The molecule has 1 unspecified atom stereocenters. The number of benzene rings is 1. The van der Waals surface area contributed by atoms with Crippen LogP contribution in [0, 0.1) is 16.0 Å². The van der Waals surface area contributed by atoms with E-state index in [1.165, 1.54) is 12.1 Å². The Morgan fingerprint density at radius 2 is 2.05 bits per heavy atom. The zero-order valence-corrected chi connectivity index (χ0v) is 13.2. The number of nitrogens with zero attached hydrogens (tertiary/aromatic N) is 2. The molecule has 0 N–H and O–H groups in total. The van der Waals surface area contributed by atoms with Crippen LogP contribution >= 0.6 is 23.2 Å². The maximum Gasteiger partial charge on any atom is 0.290 e. The van der Waals surface area contributed by atoms with Gasteiger partial charge in [-0.25, -0.2) is 0 Å². The van der Waals surface area contributed by atoms with Gasteiger partial charge < -0.3 is 4.90 Å². The molecule has 1 atom stereocenters. The van der Waals surface area contributed by atoms with Gasteiger partial charge in [0.05, 0.1) is 9.95 Å². The summed E-state index contributed by atoms with van der Waals surface area (Å²) in [6, 6.07) is 2.60. The second kappa shape index (κ2) is 6.62. The maximum atomic E-state index is 12.5. The average molecular weight is 331 g/mol. The second-order valence-corrected chi connectivity index (χ2v) is 6.16. The van der Waals surface area contributed by atoms with Gasteiger partial charge in [0.25, 0.3) is 11.6 Å². The van der Waals surface area contributed by atoms with E-state index in [1.54, 1.807) is 4.90 Å². The van der Waals surface area contributed by atoms with E-state index in [0.717, 1.165) is 19.3 Å². The molecule has 1 amide bonds. The van der Waals surface area contributed by atoms with Gasteiger partial charge in [-0.2, -0.15) is 0 Å². The number of halogens is 2. The van der Waals surface area contributed by atoms with Gasteiger partial charge in [0.1, 0.15) is 5.02 Å². The first-order valence-electron chi connectivity index (χ1n) is 6.83. The van der Waals surface area contributed by atoms with E-state index in [9.17, 15) is 14.9 Å². The molecule has 7 heteroatoms. The van der Waals surface area contributed by atoms with Crippen molar-refractivity contribution in [2.45, 2.75) is 26.2 Å². The molecule has 0 aliphatic carbocycles. The second-order valence-electron chi connectivity index (χ2n) is 5.38. The van der Waals surface area contributed by atoms with Crippen molar-refractivity contribution in [3.8, 4) is 0 Å². The zero-order valence-electron chi connectivity index (χ0n) is 11.6. The molecule has 1 aromatic carbocycles. The first-order chi connectivity index (χ1) is 9.90. The summed E-state index contributed by atoms with van der Waals surface area (Å²) < 4.78 is 0. The molecule has 1 aliphatic rings. The van der Waals surface area contributed by atoms with Crippen molar-refractivity contribution >= 4 is 34.8 Å². The highest BCUT2D eigenvalue weighted by Crippen LogP contribution is 2.33. The highest BCUT2D eigenvalue weighted by atomic mass is 35.5. The Balaban J connectivity index is 2.28. The summed E-state index contributed by atoms with van der Waals surface area (Å²) in [6.07, 6.45) is 2.97. The molecule has 1 heterocycles. The van der Waals surface area contributed by atoms with Crippen LogP contribution in [0.5, 0.6) is 0 Å². The first-order valence-corrected chi connectivity index (χ1v) is 7.58. The highest BCUT2D eigenvalue weighted by Gasteiger charge is 2.24. The molecule has 21 heavy (non-hydrogen) atoms. The van der Waals surface area contributed by atoms with Gasteiger partial charge in [-0.05, 0) is 31.2 Å². The number of hydrogen-bond acceptors (Lipinski definition) is 3. The molecule has 1 aliphatic heterocycles. The van der Waals surface area contributed by atoms with E-state index < -0.39 is 4.92 Å². The summed E-state index contributed by atoms with van der Waals surface area (Å²) in [7, 11) is 0. The summed E-state index contributed by atoms with van der Waals surface area (Å²) in [6.45, 7) is 3.49. The molecule has 0 bridgehead atoms. The average Bonchev–Trinajstić information content (AvgIpc) is 2.65. The van der Waals surface area contributed by atoms with Gasteiger partial charge in [-0.15, -0.1) is 0 Å². The fourth-order valence-corrected chi connectivity index (χ4v) is 2.87. The molecule has 5 nitrogen and oxygen atoms in total. The van der Waals surface area contributed by atoms with Gasteiger partial charge in [-0.1, -0.05) is 30.1 Å². The largest absolute Gasteiger partial charge is 0.339 e.